The number of carbonyl (C=O) groups excluding carboxylic acids is 2. The van der Waals surface area contributed by atoms with Crippen molar-refractivity contribution in [2.75, 3.05) is 26.9 Å². The Balaban J connectivity index is 0.000000428. The smallest absolute Gasteiger partial charge is 0.547 e. The molecule has 0 aromatic heterocycles. The molecule has 226 valence electrons. The summed E-state index contributed by atoms with van der Waals surface area (Å²) in [6.45, 7) is 0.340. The molecule has 0 aromatic carbocycles. The third-order valence-corrected chi connectivity index (χ3v) is 6.87. The molecular formula is C23H38KNO15. The second-order valence-corrected chi connectivity index (χ2v) is 9.20. The summed E-state index contributed by atoms with van der Waals surface area (Å²) < 4.78 is 26.2. The maximum Gasteiger partial charge on any atom is 1.00 e. The van der Waals surface area contributed by atoms with Crippen LogP contribution in [0.15, 0.2) is 11.8 Å². The Hall–Kier alpha value is -0.324. The molecule has 0 bridgehead atoms. The van der Waals surface area contributed by atoms with Crippen LogP contribution in [0.5, 0.6) is 0 Å². The minimum absolute atomic E-state index is 0. The molecule has 0 radical (unpaired) electrons. The van der Waals surface area contributed by atoms with Gasteiger partial charge in [0.2, 0.25) is 5.91 Å². The van der Waals surface area contributed by atoms with E-state index in [0.29, 0.717) is 0 Å². The number of aliphatic hydroxyl groups is 7. The van der Waals surface area contributed by atoms with E-state index in [9.17, 15) is 45.3 Å². The quantitative estimate of drug-likeness (QED) is 0.105. The number of hydrogen-bond acceptors (Lipinski definition) is 15. The molecule has 0 aromatic rings. The Kier molecular flexibility index (Phi) is 15.6. The standard InChI is InChI=1S/C14H26O10.C8H9NO5.CH4.K/c1-5-6(3-15)22-14(10(19)8(5)17)24-12-7(4-16)23-13(21-2)11(20)9(12)18;10-2-1-4-7(8(12)13)9-5(11)3-6(9)14-4;;/h5-20H,3-4H2,1-2H3;1,6-7,10H,2-3H2,(H,12,13);1H4;/q;;;+1/p-1. The molecule has 4 aliphatic rings. The van der Waals surface area contributed by atoms with Gasteiger partial charge in [0.25, 0.3) is 0 Å². The van der Waals surface area contributed by atoms with Crippen molar-refractivity contribution in [1.82, 2.24) is 4.90 Å². The van der Waals surface area contributed by atoms with Crippen LogP contribution in [0, 0.1) is 5.92 Å². The largest absolute Gasteiger partial charge is 1.00 e. The fourth-order valence-corrected chi connectivity index (χ4v) is 4.61. The van der Waals surface area contributed by atoms with Crippen LogP contribution in [0.1, 0.15) is 20.8 Å². The summed E-state index contributed by atoms with van der Waals surface area (Å²) >= 11 is 0. The molecule has 0 spiro atoms. The number of amides is 1. The van der Waals surface area contributed by atoms with Gasteiger partial charge in [-0.25, -0.2) is 0 Å². The fraction of sp³-hybridized carbons (Fsp3) is 0.826. The van der Waals surface area contributed by atoms with Crippen molar-refractivity contribution in [1.29, 1.82) is 0 Å². The van der Waals surface area contributed by atoms with Gasteiger partial charge in [0.05, 0.1) is 44.4 Å². The van der Waals surface area contributed by atoms with Gasteiger partial charge < -0.3 is 69.3 Å². The zero-order valence-electron chi connectivity index (χ0n) is 21.7. The minimum Gasteiger partial charge on any atom is -0.547 e. The Bertz CT molecular complexity index is 860. The predicted octanol–water partition coefficient (Wildman–Crippen LogP) is -8.26. The van der Waals surface area contributed by atoms with Gasteiger partial charge in [0.15, 0.2) is 18.8 Å². The van der Waals surface area contributed by atoms with Gasteiger partial charge in [0, 0.05) is 13.0 Å². The van der Waals surface area contributed by atoms with Crippen LogP contribution in [0.4, 0.5) is 0 Å². The molecule has 4 saturated heterocycles. The van der Waals surface area contributed by atoms with Gasteiger partial charge in [-0.3, -0.25) is 9.69 Å². The maximum absolute atomic E-state index is 11.0. The number of ether oxygens (including phenoxy) is 5. The number of methoxy groups -OCH3 is 1. The third-order valence-electron chi connectivity index (χ3n) is 6.87. The molecule has 0 aliphatic carbocycles. The van der Waals surface area contributed by atoms with Gasteiger partial charge >= 0.3 is 51.4 Å². The van der Waals surface area contributed by atoms with Gasteiger partial charge in [-0.1, -0.05) is 14.4 Å². The van der Waals surface area contributed by atoms with Crippen molar-refractivity contribution in [3.63, 3.8) is 0 Å². The van der Waals surface area contributed by atoms with Gasteiger partial charge in [-0.15, -0.1) is 0 Å². The summed E-state index contributed by atoms with van der Waals surface area (Å²) in [6.07, 6.45) is -10.3. The molecule has 17 heteroatoms. The Labute approximate surface area is 273 Å². The fourth-order valence-electron chi connectivity index (χ4n) is 4.61. The summed E-state index contributed by atoms with van der Waals surface area (Å²) in [5.74, 6) is -2.11. The molecule has 12 atom stereocenters. The first-order chi connectivity index (χ1) is 18.0. The maximum atomic E-state index is 11.0. The van der Waals surface area contributed by atoms with Gasteiger partial charge in [-0.05, 0) is 6.08 Å². The van der Waals surface area contributed by atoms with E-state index in [1.165, 1.54) is 13.2 Å². The van der Waals surface area contributed by atoms with E-state index in [0.717, 1.165) is 4.90 Å². The van der Waals surface area contributed by atoms with Gasteiger partial charge in [-0.2, -0.15) is 0 Å². The molecular weight excluding hydrogens is 569 g/mol. The number of nitrogens with zero attached hydrogens (tertiary/aromatic N) is 1. The monoisotopic (exact) mass is 607 g/mol. The molecule has 4 fully saturated rings. The number of hydrogen-bond donors (Lipinski definition) is 7. The van der Waals surface area contributed by atoms with Crippen LogP contribution in [0.3, 0.4) is 0 Å². The Morgan fingerprint density at radius 2 is 1.60 bits per heavy atom. The summed E-state index contributed by atoms with van der Waals surface area (Å²) in [7, 11) is 1.27. The molecule has 4 aliphatic heterocycles. The van der Waals surface area contributed by atoms with E-state index in [1.807, 2.05) is 0 Å². The molecule has 4 rings (SSSR count). The summed E-state index contributed by atoms with van der Waals surface area (Å²) in [5.41, 5.74) is 0. The molecule has 4 heterocycles. The van der Waals surface area contributed by atoms with Crippen molar-refractivity contribution in [3.8, 4) is 0 Å². The Morgan fingerprint density at radius 1 is 1.02 bits per heavy atom. The normalized spacial score (nSPS) is 41.4. The van der Waals surface area contributed by atoms with Crippen molar-refractivity contribution in [2.45, 2.75) is 88.3 Å². The van der Waals surface area contributed by atoms with Crippen LogP contribution >= 0.6 is 0 Å². The molecule has 7 N–H and O–H groups in total. The summed E-state index contributed by atoms with van der Waals surface area (Å²) in [4.78, 5) is 22.9. The van der Waals surface area contributed by atoms with E-state index in [4.69, 9.17) is 28.8 Å². The van der Waals surface area contributed by atoms with E-state index in [1.54, 1.807) is 6.92 Å². The number of carboxylic acids is 1. The summed E-state index contributed by atoms with van der Waals surface area (Å²) in [6, 6.07) is -1.17. The number of aliphatic hydroxyl groups excluding tert-OH is 7. The number of fused-ring (bicyclic) bond motifs is 1. The molecule has 0 saturated carbocycles. The molecule has 16 nitrogen and oxygen atoms in total. The number of aliphatic carboxylic acids is 1. The van der Waals surface area contributed by atoms with Crippen LogP contribution in [0.2, 0.25) is 0 Å². The average molecular weight is 608 g/mol. The van der Waals surface area contributed by atoms with Crippen LogP contribution in [0.25, 0.3) is 0 Å². The zero-order chi connectivity index (χ0) is 28.3. The average Bonchev–Trinajstić information content (AvgIpc) is 3.19. The zero-order valence-corrected chi connectivity index (χ0v) is 24.8. The first-order valence-corrected chi connectivity index (χ1v) is 11.9. The number of carboxylic acid groups (broad SMARTS) is 1. The molecule has 12 unspecified atom stereocenters. The number of β-lactam (4-membered cyclic amide) rings is 1. The Morgan fingerprint density at radius 3 is 2.10 bits per heavy atom. The molecule has 1 amide bonds. The minimum atomic E-state index is -1.49. The van der Waals surface area contributed by atoms with E-state index < -0.39 is 92.7 Å². The third kappa shape index (κ3) is 7.79. The van der Waals surface area contributed by atoms with Crippen LogP contribution in [-0.2, 0) is 33.3 Å². The number of carbonyl (C=O) groups is 2. The van der Waals surface area contributed by atoms with Crippen LogP contribution in [-0.4, -0.2) is 147 Å². The SMILES string of the molecule is C.COC1OC(CO)C(OC2OC(CO)C(C)C(O)C2O)C(O)C1O.O=C([O-])C1C(=CCO)OC2CC(=O)N21.[K+]. The first-order valence-electron chi connectivity index (χ1n) is 11.9. The van der Waals surface area contributed by atoms with Crippen molar-refractivity contribution >= 4 is 11.9 Å². The van der Waals surface area contributed by atoms with E-state index >= 15 is 0 Å². The predicted molar refractivity (Wildman–Crippen MR) is 124 cm³/mol. The van der Waals surface area contributed by atoms with Crippen LogP contribution < -0.4 is 56.5 Å². The van der Waals surface area contributed by atoms with E-state index in [2.05, 4.69) is 0 Å². The van der Waals surface area contributed by atoms with Crippen molar-refractivity contribution in [3.05, 3.63) is 11.8 Å². The molecule has 40 heavy (non-hydrogen) atoms. The second kappa shape index (κ2) is 16.5. The second-order valence-electron chi connectivity index (χ2n) is 9.20. The topological polar surface area (TPSA) is 248 Å². The van der Waals surface area contributed by atoms with Crippen molar-refractivity contribution < 1.29 is 126 Å². The first kappa shape index (κ1) is 37.7. The van der Waals surface area contributed by atoms with Crippen molar-refractivity contribution in [2.24, 2.45) is 5.92 Å². The number of rotatable bonds is 7. The van der Waals surface area contributed by atoms with E-state index in [-0.39, 0.29) is 83.5 Å². The van der Waals surface area contributed by atoms with Gasteiger partial charge in [0.1, 0.15) is 42.3 Å². The summed E-state index contributed by atoms with van der Waals surface area (Å²) in [5, 5.41) is 78.4.